The van der Waals surface area contributed by atoms with Crippen LogP contribution in [-0.4, -0.2) is 53.8 Å². The van der Waals surface area contributed by atoms with E-state index < -0.39 is 0 Å². The van der Waals surface area contributed by atoms with Crippen LogP contribution in [0.1, 0.15) is 59.2 Å². The molecule has 1 aromatic heterocycles. The van der Waals surface area contributed by atoms with Crippen LogP contribution < -0.4 is 15.4 Å². The summed E-state index contributed by atoms with van der Waals surface area (Å²) in [5, 5.41) is 13.3. The first-order valence-corrected chi connectivity index (χ1v) is 12.8. The van der Waals surface area contributed by atoms with Gasteiger partial charge in [0.2, 0.25) is 11.8 Å². The Hall–Kier alpha value is -4.21. The third kappa shape index (κ3) is 7.18. The fraction of sp³-hybridized carbons (Fsp3) is 0.393. The van der Waals surface area contributed by atoms with Crippen LogP contribution in [-0.2, 0) is 9.53 Å². The maximum Gasteiger partial charge on any atom is 0.308 e. The predicted octanol–water partition coefficient (Wildman–Crippen LogP) is 3.71. The molecule has 1 saturated carbocycles. The van der Waals surface area contributed by atoms with Gasteiger partial charge < -0.3 is 24.5 Å². The van der Waals surface area contributed by atoms with Crippen LogP contribution in [0.3, 0.4) is 0 Å². The second-order valence-corrected chi connectivity index (χ2v) is 9.08. The number of aromatic nitrogens is 2. The molecule has 0 atom stereocenters. The number of hydrogen-bond donors (Lipinski definition) is 2. The van der Waals surface area contributed by atoms with Gasteiger partial charge in [-0.3, -0.25) is 14.4 Å². The van der Waals surface area contributed by atoms with Crippen LogP contribution in [0.4, 0.5) is 0 Å². The first kappa shape index (κ1) is 26.8. The number of amides is 2. The molecule has 3 aromatic rings. The fourth-order valence-electron chi connectivity index (χ4n) is 4.29. The standard InChI is InChI=1S/C28H32N4O6/c1-3-36-28(35)22-10-14-24(15-11-22)38-23-12-8-20(9-13-23)26(34)30-17-16-29-25(33)19-4-6-21(7-5-19)27-32-31-18(2)37-27/h4-9,12-13,22,24H,3,10-11,14-17H2,1-2H3,(H,29,33)(H,30,34). The summed E-state index contributed by atoms with van der Waals surface area (Å²) < 4.78 is 16.5. The number of aryl methyl sites for hydroxylation is 1. The summed E-state index contributed by atoms with van der Waals surface area (Å²) in [6.45, 7) is 4.50. The molecule has 1 heterocycles. The molecule has 2 N–H and O–H groups in total. The summed E-state index contributed by atoms with van der Waals surface area (Å²) in [5.41, 5.74) is 1.72. The minimum Gasteiger partial charge on any atom is -0.490 e. The van der Waals surface area contributed by atoms with Crippen molar-refractivity contribution in [2.75, 3.05) is 19.7 Å². The number of carbonyl (C=O) groups excluding carboxylic acids is 3. The van der Waals surface area contributed by atoms with E-state index in [-0.39, 0.29) is 42.9 Å². The van der Waals surface area contributed by atoms with Crippen molar-refractivity contribution in [3.63, 3.8) is 0 Å². The lowest BCUT2D eigenvalue weighted by Crippen LogP contribution is -2.34. The summed E-state index contributed by atoms with van der Waals surface area (Å²) in [4.78, 5) is 36.7. The smallest absolute Gasteiger partial charge is 0.308 e. The molecule has 2 amide bonds. The van der Waals surface area contributed by atoms with Crippen molar-refractivity contribution in [2.24, 2.45) is 5.92 Å². The molecule has 2 aromatic carbocycles. The van der Waals surface area contributed by atoms with E-state index in [1.165, 1.54) is 0 Å². The van der Waals surface area contributed by atoms with Crippen molar-refractivity contribution >= 4 is 17.8 Å². The molecule has 1 aliphatic rings. The third-order valence-corrected chi connectivity index (χ3v) is 6.33. The minimum atomic E-state index is -0.245. The zero-order valence-corrected chi connectivity index (χ0v) is 21.6. The first-order chi connectivity index (χ1) is 18.4. The number of benzene rings is 2. The molecule has 38 heavy (non-hydrogen) atoms. The topological polar surface area (TPSA) is 133 Å². The number of ether oxygens (including phenoxy) is 2. The van der Waals surface area contributed by atoms with Gasteiger partial charge in [-0.2, -0.15) is 0 Å². The van der Waals surface area contributed by atoms with Crippen LogP contribution in [0.15, 0.2) is 52.9 Å². The molecule has 0 unspecified atom stereocenters. The van der Waals surface area contributed by atoms with E-state index in [0.717, 1.165) is 31.2 Å². The molecule has 10 heteroatoms. The van der Waals surface area contributed by atoms with E-state index in [1.54, 1.807) is 55.5 Å². The Morgan fingerprint density at radius 1 is 0.868 bits per heavy atom. The number of carbonyl (C=O) groups is 3. The lowest BCUT2D eigenvalue weighted by atomic mass is 9.87. The van der Waals surface area contributed by atoms with Crippen molar-refractivity contribution in [1.29, 1.82) is 0 Å². The summed E-state index contributed by atoms with van der Waals surface area (Å²) in [7, 11) is 0. The van der Waals surface area contributed by atoms with Gasteiger partial charge >= 0.3 is 5.97 Å². The molecule has 1 aliphatic carbocycles. The van der Waals surface area contributed by atoms with E-state index in [1.807, 2.05) is 6.92 Å². The van der Waals surface area contributed by atoms with Gasteiger partial charge in [0.1, 0.15) is 5.75 Å². The minimum absolute atomic E-state index is 0.0433. The van der Waals surface area contributed by atoms with Crippen molar-refractivity contribution in [1.82, 2.24) is 20.8 Å². The average Bonchev–Trinajstić information content (AvgIpc) is 3.38. The number of esters is 1. The molecule has 10 nitrogen and oxygen atoms in total. The zero-order valence-electron chi connectivity index (χ0n) is 21.6. The Morgan fingerprint density at radius 2 is 1.45 bits per heavy atom. The Kier molecular flexibility index (Phi) is 9.07. The van der Waals surface area contributed by atoms with E-state index >= 15 is 0 Å². The monoisotopic (exact) mass is 520 g/mol. The highest BCUT2D eigenvalue weighted by molar-refractivity contribution is 5.95. The van der Waals surface area contributed by atoms with Gasteiger partial charge in [0.05, 0.1) is 18.6 Å². The summed E-state index contributed by atoms with van der Waals surface area (Å²) in [6, 6.07) is 13.8. The van der Waals surface area contributed by atoms with Crippen LogP contribution in [0, 0.1) is 12.8 Å². The van der Waals surface area contributed by atoms with E-state index in [9.17, 15) is 14.4 Å². The van der Waals surface area contributed by atoms with Crippen LogP contribution in [0.2, 0.25) is 0 Å². The van der Waals surface area contributed by atoms with Gasteiger partial charge in [-0.05, 0) is 81.1 Å². The van der Waals surface area contributed by atoms with E-state index in [2.05, 4.69) is 20.8 Å². The highest BCUT2D eigenvalue weighted by atomic mass is 16.5. The van der Waals surface area contributed by atoms with E-state index in [4.69, 9.17) is 13.9 Å². The predicted molar refractivity (Wildman–Crippen MR) is 139 cm³/mol. The quantitative estimate of drug-likeness (QED) is 0.305. The van der Waals surface area contributed by atoms with Gasteiger partial charge in [-0.25, -0.2) is 0 Å². The van der Waals surface area contributed by atoms with Gasteiger partial charge in [-0.15, -0.1) is 10.2 Å². The van der Waals surface area contributed by atoms with Crippen molar-refractivity contribution in [3.05, 3.63) is 65.5 Å². The molecule has 0 bridgehead atoms. The lowest BCUT2D eigenvalue weighted by molar-refractivity contribution is -0.149. The third-order valence-electron chi connectivity index (χ3n) is 6.33. The Bertz CT molecular complexity index is 1230. The Balaban J connectivity index is 1.16. The number of nitrogens with one attached hydrogen (secondary N) is 2. The average molecular weight is 521 g/mol. The molecule has 1 fully saturated rings. The fourth-order valence-corrected chi connectivity index (χ4v) is 4.29. The molecule has 0 aliphatic heterocycles. The SMILES string of the molecule is CCOC(=O)C1CCC(Oc2ccc(C(=O)NCCNC(=O)c3ccc(-c4nnc(C)o4)cc3)cc2)CC1. The van der Waals surface area contributed by atoms with Crippen molar-refractivity contribution in [3.8, 4) is 17.2 Å². The van der Waals surface area contributed by atoms with Crippen LogP contribution in [0.25, 0.3) is 11.5 Å². The second kappa shape index (κ2) is 12.8. The van der Waals surface area contributed by atoms with Gasteiger partial charge in [-0.1, -0.05) is 0 Å². The van der Waals surface area contributed by atoms with Gasteiger partial charge in [0.15, 0.2) is 0 Å². The maximum absolute atomic E-state index is 12.5. The highest BCUT2D eigenvalue weighted by Gasteiger charge is 2.28. The molecule has 0 saturated heterocycles. The van der Waals surface area contributed by atoms with Crippen LogP contribution in [0.5, 0.6) is 5.75 Å². The number of hydrogen-bond acceptors (Lipinski definition) is 8. The highest BCUT2D eigenvalue weighted by Crippen LogP contribution is 2.28. The van der Waals surface area contributed by atoms with Gasteiger partial charge in [0.25, 0.3) is 11.8 Å². The molecule has 200 valence electrons. The normalized spacial score (nSPS) is 16.9. The second-order valence-electron chi connectivity index (χ2n) is 9.08. The Morgan fingerprint density at radius 3 is 1.97 bits per heavy atom. The van der Waals surface area contributed by atoms with E-state index in [0.29, 0.717) is 35.3 Å². The summed E-state index contributed by atoms with van der Waals surface area (Å²) in [5.74, 6) is 0.915. The lowest BCUT2D eigenvalue weighted by Gasteiger charge is -2.27. The summed E-state index contributed by atoms with van der Waals surface area (Å²) in [6.07, 6.45) is 3.14. The molecular formula is C28H32N4O6. The Labute approximate surface area is 221 Å². The van der Waals surface area contributed by atoms with Crippen molar-refractivity contribution < 1.29 is 28.3 Å². The number of rotatable bonds is 10. The summed E-state index contributed by atoms with van der Waals surface area (Å²) >= 11 is 0. The first-order valence-electron chi connectivity index (χ1n) is 12.8. The molecule has 0 radical (unpaired) electrons. The molecule has 4 rings (SSSR count). The number of nitrogens with zero attached hydrogens (tertiary/aromatic N) is 2. The largest absolute Gasteiger partial charge is 0.490 e. The van der Waals surface area contributed by atoms with Gasteiger partial charge in [0, 0.05) is 36.7 Å². The molecule has 0 spiro atoms. The maximum atomic E-state index is 12.5. The van der Waals surface area contributed by atoms with Crippen molar-refractivity contribution in [2.45, 2.75) is 45.6 Å². The molecular weight excluding hydrogens is 488 g/mol. The van der Waals surface area contributed by atoms with Crippen LogP contribution >= 0.6 is 0 Å². The zero-order chi connectivity index (χ0) is 26.9.